The van der Waals surface area contributed by atoms with E-state index in [1.807, 2.05) is 13.0 Å². The molecule has 0 saturated carbocycles. The number of aryl methyl sites for hydroxylation is 1. The summed E-state index contributed by atoms with van der Waals surface area (Å²) in [6, 6.07) is 11.9. The van der Waals surface area contributed by atoms with Crippen molar-refractivity contribution in [2.45, 2.75) is 25.4 Å². The van der Waals surface area contributed by atoms with E-state index in [1.54, 1.807) is 41.3 Å². The van der Waals surface area contributed by atoms with Crippen LogP contribution in [0.2, 0.25) is 0 Å². The highest BCUT2D eigenvalue weighted by atomic mass is 19.1. The molecule has 2 aromatic rings. The lowest BCUT2D eigenvalue weighted by Gasteiger charge is -2.38. The second-order valence-electron chi connectivity index (χ2n) is 7.96. The van der Waals surface area contributed by atoms with Crippen molar-refractivity contribution in [2.75, 3.05) is 20.2 Å². The maximum absolute atomic E-state index is 14.8. The lowest BCUT2D eigenvalue weighted by Crippen LogP contribution is -2.41. The van der Waals surface area contributed by atoms with Crippen molar-refractivity contribution in [3.8, 4) is 5.75 Å². The summed E-state index contributed by atoms with van der Waals surface area (Å²) in [6.45, 7) is 2.47. The first-order chi connectivity index (χ1) is 15.2. The van der Waals surface area contributed by atoms with Gasteiger partial charge in [-0.05, 0) is 54.8 Å². The van der Waals surface area contributed by atoms with E-state index in [9.17, 15) is 14.3 Å². The largest absolute Gasteiger partial charge is 0.507 e. The fraction of sp³-hybridized carbons (Fsp3) is 0.292. The standard InChI is InChI=1S/C24H29FN4O3/c1-14-9-15(24(31)32-2)7-8-18(14)16-10-17(25)13-29(12-16)21(23(27)28)11-20(26)19-5-3-4-6-22(19)30/h3-9,11,16-17,30H,10,12-13,26-28H2,1-2H3/b20-11-. The van der Waals surface area contributed by atoms with E-state index in [0.29, 0.717) is 29.8 Å². The number of likely N-dealkylation sites (tertiary alicyclic amines) is 1. The number of nitrogens with zero attached hydrogens (tertiary/aromatic N) is 1. The number of allylic oxidation sites excluding steroid dienone is 1. The van der Waals surface area contributed by atoms with Crippen molar-refractivity contribution in [3.05, 3.63) is 82.3 Å². The molecule has 1 fully saturated rings. The molecular weight excluding hydrogens is 411 g/mol. The van der Waals surface area contributed by atoms with Gasteiger partial charge in [-0.3, -0.25) is 0 Å². The number of ether oxygens (including phenoxy) is 1. The number of para-hydroxylation sites is 1. The normalized spacial score (nSPS) is 18.8. The van der Waals surface area contributed by atoms with Gasteiger partial charge in [0.05, 0.1) is 18.4 Å². The Morgan fingerprint density at radius 3 is 2.53 bits per heavy atom. The third kappa shape index (κ3) is 4.96. The van der Waals surface area contributed by atoms with Crippen LogP contribution in [0.1, 0.15) is 39.4 Å². The first-order valence-corrected chi connectivity index (χ1v) is 10.3. The van der Waals surface area contributed by atoms with Crippen LogP contribution in [-0.2, 0) is 4.74 Å². The molecule has 2 atom stereocenters. The van der Waals surface area contributed by atoms with Crippen LogP contribution in [0.25, 0.3) is 5.70 Å². The number of alkyl halides is 1. The fourth-order valence-electron chi connectivity index (χ4n) is 4.14. The zero-order chi connectivity index (χ0) is 23.4. The summed E-state index contributed by atoms with van der Waals surface area (Å²) in [6.07, 6.45) is 0.792. The number of nitrogens with two attached hydrogens (primary N) is 3. The molecule has 0 aromatic heterocycles. The van der Waals surface area contributed by atoms with Gasteiger partial charge in [-0.15, -0.1) is 0 Å². The SMILES string of the molecule is COC(=O)c1ccc(C2CC(F)CN(C(/C=C(\N)c3ccccc3O)=C(N)N)C2)c(C)c1. The van der Waals surface area contributed by atoms with Gasteiger partial charge in [0.1, 0.15) is 17.7 Å². The van der Waals surface area contributed by atoms with E-state index < -0.39 is 12.1 Å². The molecule has 2 aromatic carbocycles. The smallest absolute Gasteiger partial charge is 0.337 e. The van der Waals surface area contributed by atoms with Gasteiger partial charge in [0, 0.05) is 30.3 Å². The maximum Gasteiger partial charge on any atom is 0.337 e. The van der Waals surface area contributed by atoms with Crippen LogP contribution in [0.4, 0.5) is 4.39 Å². The second-order valence-corrected chi connectivity index (χ2v) is 7.96. The average Bonchev–Trinajstić information content (AvgIpc) is 2.76. The number of phenolic OH excluding ortho intramolecular Hbond substituents is 1. The number of benzene rings is 2. The number of hydrogen-bond donors (Lipinski definition) is 4. The second kappa shape index (κ2) is 9.64. The monoisotopic (exact) mass is 440 g/mol. The number of halogens is 1. The van der Waals surface area contributed by atoms with Crippen molar-refractivity contribution in [3.63, 3.8) is 0 Å². The molecule has 0 bridgehead atoms. The molecule has 7 N–H and O–H groups in total. The van der Waals surface area contributed by atoms with Gasteiger partial charge in [0.15, 0.2) is 0 Å². The number of methoxy groups -OCH3 is 1. The predicted molar refractivity (Wildman–Crippen MR) is 122 cm³/mol. The van der Waals surface area contributed by atoms with Gasteiger partial charge in [0.2, 0.25) is 0 Å². The van der Waals surface area contributed by atoms with E-state index in [2.05, 4.69) is 0 Å². The number of carbonyl (C=O) groups excluding carboxylic acids is 1. The minimum atomic E-state index is -1.11. The van der Waals surface area contributed by atoms with E-state index >= 15 is 0 Å². The van der Waals surface area contributed by atoms with Crippen LogP contribution in [0.15, 0.2) is 60.1 Å². The number of rotatable bonds is 5. The zero-order valence-electron chi connectivity index (χ0n) is 18.2. The lowest BCUT2D eigenvalue weighted by atomic mass is 9.86. The minimum absolute atomic E-state index is 0.00832. The highest BCUT2D eigenvalue weighted by Gasteiger charge is 2.30. The fourth-order valence-corrected chi connectivity index (χ4v) is 4.14. The Morgan fingerprint density at radius 1 is 1.19 bits per heavy atom. The summed E-state index contributed by atoms with van der Waals surface area (Å²) in [5, 5.41) is 10.1. The van der Waals surface area contributed by atoms with Gasteiger partial charge >= 0.3 is 5.97 Å². The van der Waals surface area contributed by atoms with E-state index in [1.165, 1.54) is 13.2 Å². The number of phenols is 1. The Labute approximate surface area is 186 Å². The quantitative estimate of drug-likeness (QED) is 0.416. The topological polar surface area (TPSA) is 128 Å². The number of aromatic hydroxyl groups is 1. The minimum Gasteiger partial charge on any atom is -0.507 e. The van der Waals surface area contributed by atoms with Crippen LogP contribution in [0, 0.1) is 6.92 Å². The summed E-state index contributed by atoms with van der Waals surface area (Å²) >= 11 is 0. The van der Waals surface area contributed by atoms with E-state index in [4.69, 9.17) is 21.9 Å². The molecule has 170 valence electrons. The van der Waals surface area contributed by atoms with Gasteiger partial charge in [-0.1, -0.05) is 18.2 Å². The third-order valence-electron chi connectivity index (χ3n) is 5.67. The first kappa shape index (κ1) is 23.0. The summed E-state index contributed by atoms with van der Waals surface area (Å²) in [7, 11) is 1.33. The van der Waals surface area contributed by atoms with E-state index in [-0.39, 0.29) is 29.7 Å². The molecule has 0 amide bonds. The number of esters is 1. The molecule has 1 aliphatic rings. The molecule has 8 heteroatoms. The highest BCUT2D eigenvalue weighted by Crippen LogP contribution is 2.33. The molecule has 3 rings (SSSR count). The molecule has 7 nitrogen and oxygen atoms in total. The van der Waals surface area contributed by atoms with Crippen LogP contribution in [0.5, 0.6) is 5.75 Å². The molecule has 1 saturated heterocycles. The summed E-state index contributed by atoms with van der Waals surface area (Å²) in [5.41, 5.74) is 21.4. The summed E-state index contributed by atoms with van der Waals surface area (Å²) in [4.78, 5) is 13.6. The van der Waals surface area contributed by atoms with Crippen molar-refractivity contribution < 1.29 is 19.0 Å². The van der Waals surface area contributed by atoms with Crippen LogP contribution in [-0.4, -0.2) is 42.3 Å². The molecule has 32 heavy (non-hydrogen) atoms. The van der Waals surface area contributed by atoms with Crippen molar-refractivity contribution in [1.82, 2.24) is 4.90 Å². The Bertz CT molecular complexity index is 1060. The van der Waals surface area contributed by atoms with Gasteiger partial charge in [0.25, 0.3) is 0 Å². The molecule has 2 unspecified atom stereocenters. The third-order valence-corrected chi connectivity index (χ3v) is 5.67. The molecule has 1 heterocycles. The van der Waals surface area contributed by atoms with Crippen LogP contribution in [0.3, 0.4) is 0 Å². The molecule has 0 radical (unpaired) electrons. The molecular formula is C24H29FN4O3. The summed E-state index contributed by atoms with van der Waals surface area (Å²) < 4.78 is 19.6. The average molecular weight is 441 g/mol. The highest BCUT2D eigenvalue weighted by molar-refractivity contribution is 5.89. The Morgan fingerprint density at radius 2 is 1.91 bits per heavy atom. The van der Waals surface area contributed by atoms with Crippen LogP contribution >= 0.6 is 0 Å². The molecule has 1 aliphatic heterocycles. The maximum atomic E-state index is 14.8. The van der Waals surface area contributed by atoms with Crippen molar-refractivity contribution >= 4 is 11.7 Å². The molecule has 0 aliphatic carbocycles. The first-order valence-electron chi connectivity index (χ1n) is 10.3. The number of hydrogen-bond acceptors (Lipinski definition) is 7. The van der Waals surface area contributed by atoms with Crippen molar-refractivity contribution in [2.24, 2.45) is 17.2 Å². The number of carbonyl (C=O) groups is 1. The van der Waals surface area contributed by atoms with Gasteiger partial charge in [-0.25, -0.2) is 9.18 Å². The van der Waals surface area contributed by atoms with Gasteiger partial charge < -0.3 is 31.9 Å². The summed E-state index contributed by atoms with van der Waals surface area (Å²) in [5.74, 6) is -0.523. The molecule has 0 spiro atoms. The van der Waals surface area contributed by atoms with Gasteiger partial charge in [-0.2, -0.15) is 0 Å². The van der Waals surface area contributed by atoms with Crippen molar-refractivity contribution in [1.29, 1.82) is 0 Å². The van der Waals surface area contributed by atoms with Crippen LogP contribution < -0.4 is 17.2 Å². The predicted octanol–water partition coefficient (Wildman–Crippen LogP) is 2.70. The zero-order valence-corrected chi connectivity index (χ0v) is 18.2. The Kier molecular flexibility index (Phi) is 6.92. The number of piperidine rings is 1. The lowest BCUT2D eigenvalue weighted by molar-refractivity contribution is 0.0600. The Balaban J connectivity index is 1.91. The van der Waals surface area contributed by atoms with E-state index in [0.717, 1.165) is 11.1 Å². The Hall–Kier alpha value is -3.68.